The molecule has 118 valence electrons. The molecule has 6 nitrogen and oxygen atoms in total. The van der Waals surface area contributed by atoms with E-state index in [4.69, 9.17) is 4.74 Å². The molecule has 0 saturated heterocycles. The van der Waals surface area contributed by atoms with Crippen molar-refractivity contribution in [3.8, 4) is 11.3 Å². The number of hydrogen-bond acceptors (Lipinski definition) is 4. The van der Waals surface area contributed by atoms with Gasteiger partial charge in [-0.05, 0) is 37.6 Å². The minimum atomic E-state index is -0.417. The first-order valence-electron chi connectivity index (χ1n) is 7.36. The number of ketones is 1. The van der Waals surface area contributed by atoms with Gasteiger partial charge in [0, 0.05) is 30.4 Å². The first kappa shape index (κ1) is 15.0. The molecular weight excluding hydrogens is 294 g/mol. The van der Waals surface area contributed by atoms with Crippen LogP contribution in [0.25, 0.3) is 16.8 Å². The maximum Gasteiger partial charge on any atom is 0.338 e. The molecule has 6 heteroatoms. The van der Waals surface area contributed by atoms with Crippen molar-refractivity contribution in [2.45, 2.75) is 20.8 Å². The number of esters is 1. The lowest BCUT2D eigenvalue weighted by Gasteiger charge is -2.12. The number of Topliss-reactive ketones (excluding diaryl/α,β-unsaturated/α-hetero) is 1. The van der Waals surface area contributed by atoms with Crippen molar-refractivity contribution in [1.82, 2.24) is 14.6 Å². The van der Waals surface area contributed by atoms with E-state index in [0.717, 1.165) is 16.8 Å². The molecule has 0 aromatic carbocycles. The molecule has 0 spiro atoms. The molecule has 23 heavy (non-hydrogen) atoms. The number of nitrogens with one attached hydrogen (secondary N) is 1. The smallest absolute Gasteiger partial charge is 0.338 e. The highest BCUT2D eigenvalue weighted by molar-refractivity contribution is 6.01. The van der Waals surface area contributed by atoms with Crippen molar-refractivity contribution < 1.29 is 14.3 Å². The number of ether oxygens (including phenoxy) is 1. The Kier molecular flexibility index (Phi) is 3.73. The van der Waals surface area contributed by atoms with E-state index in [1.54, 1.807) is 30.5 Å². The number of aromatic nitrogens is 3. The van der Waals surface area contributed by atoms with Gasteiger partial charge in [-0.25, -0.2) is 4.79 Å². The molecule has 3 heterocycles. The molecule has 0 radical (unpaired) electrons. The maximum atomic E-state index is 12.2. The highest BCUT2D eigenvalue weighted by Gasteiger charge is 2.20. The maximum absolute atomic E-state index is 12.2. The third-order valence-electron chi connectivity index (χ3n) is 3.78. The van der Waals surface area contributed by atoms with E-state index >= 15 is 0 Å². The topological polar surface area (TPSA) is 76.5 Å². The van der Waals surface area contributed by atoms with Gasteiger partial charge in [-0.15, -0.1) is 0 Å². The Morgan fingerprint density at radius 3 is 2.74 bits per heavy atom. The fourth-order valence-corrected chi connectivity index (χ4v) is 2.77. The van der Waals surface area contributed by atoms with Gasteiger partial charge in [0.15, 0.2) is 5.78 Å². The predicted octanol–water partition coefficient (Wildman–Crippen LogP) is 3.02. The Bertz CT molecular complexity index is 892. The van der Waals surface area contributed by atoms with Gasteiger partial charge in [0.25, 0.3) is 0 Å². The molecule has 3 rings (SSSR count). The molecule has 3 aromatic rings. The third kappa shape index (κ3) is 2.52. The summed E-state index contributed by atoms with van der Waals surface area (Å²) in [7, 11) is 0. The van der Waals surface area contributed by atoms with Crippen LogP contribution in [0.2, 0.25) is 0 Å². The molecule has 0 fully saturated rings. The van der Waals surface area contributed by atoms with Crippen molar-refractivity contribution in [1.29, 1.82) is 0 Å². The predicted molar refractivity (Wildman–Crippen MR) is 85.7 cm³/mol. The highest BCUT2D eigenvalue weighted by atomic mass is 16.5. The summed E-state index contributed by atoms with van der Waals surface area (Å²) in [6.45, 7) is 5.30. The van der Waals surface area contributed by atoms with E-state index in [-0.39, 0.29) is 5.78 Å². The van der Waals surface area contributed by atoms with Crippen molar-refractivity contribution in [2.24, 2.45) is 0 Å². The van der Waals surface area contributed by atoms with Gasteiger partial charge in [0.2, 0.25) is 0 Å². The summed E-state index contributed by atoms with van der Waals surface area (Å²) in [6.07, 6.45) is 3.53. The minimum Gasteiger partial charge on any atom is -0.462 e. The lowest BCUT2D eigenvalue weighted by atomic mass is 10.0. The average Bonchev–Trinajstić information content (AvgIpc) is 3.14. The molecule has 0 unspecified atom stereocenters. The van der Waals surface area contributed by atoms with E-state index in [0.29, 0.717) is 23.4 Å². The normalized spacial score (nSPS) is 10.9. The standard InChI is InChI=1S/C17H17N3O3/c1-4-23-17(22)14-8-13-7-12(15-5-6-18-19-15)9-20(13)16(10(14)2)11(3)21/h5-9H,4H2,1-3H3,(H,18,19). The summed E-state index contributed by atoms with van der Waals surface area (Å²) in [5.41, 5.74) is 4.02. The molecular formula is C17H17N3O3. The fraction of sp³-hybridized carbons (Fsp3) is 0.235. The van der Waals surface area contributed by atoms with Crippen LogP contribution < -0.4 is 0 Å². The van der Waals surface area contributed by atoms with Crippen molar-refractivity contribution in [3.05, 3.63) is 47.4 Å². The van der Waals surface area contributed by atoms with Crippen LogP contribution in [0.3, 0.4) is 0 Å². The number of aromatic amines is 1. The lowest BCUT2D eigenvalue weighted by Crippen LogP contribution is -2.13. The van der Waals surface area contributed by atoms with Crippen LogP contribution in [-0.4, -0.2) is 33.0 Å². The Labute approximate surface area is 133 Å². The largest absolute Gasteiger partial charge is 0.462 e. The first-order valence-corrected chi connectivity index (χ1v) is 7.36. The van der Waals surface area contributed by atoms with E-state index in [1.165, 1.54) is 6.92 Å². The van der Waals surface area contributed by atoms with E-state index in [2.05, 4.69) is 10.2 Å². The van der Waals surface area contributed by atoms with Crippen LogP contribution in [-0.2, 0) is 4.74 Å². The zero-order chi connectivity index (χ0) is 16.6. The molecule has 0 aliphatic rings. The number of pyridine rings is 1. The number of H-pyrrole nitrogens is 1. The van der Waals surface area contributed by atoms with E-state index < -0.39 is 5.97 Å². The van der Waals surface area contributed by atoms with Crippen LogP contribution in [0.5, 0.6) is 0 Å². The second-order valence-electron chi connectivity index (χ2n) is 5.30. The number of carbonyl (C=O) groups excluding carboxylic acids is 2. The second-order valence-corrected chi connectivity index (χ2v) is 5.30. The van der Waals surface area contributed by atoms with Crippen LogP contribution in [0.1, 0.15) is 40.3 Å². The minimum absolute atomic E-state index is 0.106. The van der Waals surface area contributed by atoms with Crippen LogP contribution in [0, 0.1) is 6.92 Å². The van der Waals surface area contributed by atoms with E-state index in [9.17, 15) is 9.59 Å². The Balaban J connectivity index is 2.27. The van der Waals surface area contributed by atoms with Gasteiger partial charge in [0.05, 0.1) is 23.6 Å². The van der Waals surface area contributed by atoms with Crippen LogP contribution >= 0.6 is 0 Å². The van der Waals surface area contributed by atoms with Crippen molar-refractivity contribution in [3.63, 3.8) is 0 Å². The lowest BCUT2D eigenvalue weighted by molar-refractivity contribution is 0.0525. The Hall–Kier alpha value is -2.89. The van der Waals surface area contributed by atoms with E-state index in [1.807, 2.05) is 18.3 Å². The zero-order valence-corrected chi connectivity index (χ0v) is 13.2. The number of nitrogens with zero attached hydrogens (tertiary/aromatic N) is 2. The SMILES string of the molecule is CCOC(=O)c1cc2cc(-c3ccn[nH]3)cn2c(C(C)=O)c1C. The zero-order valence-electron chi connectivity index (χ0n) is 13.2. The molecule has 0 bridgehead atoms. The number of carbonyl (C=O) groups is 2. The summed E-state index contributed by atoms with van der Waals surface area (Å²) in [5, 5.41) is 6.83. The third-order valence-corrected chi connectivity index (χ3v) is 3.78. The average molecular weight is 311 g/mol. The molecule has 0 atom stereocenters. The molecule has 0 saturated carbocycles. The Morgan fingerprint density at radius 1 is 1.35 bits per heavy atom. The summed E-state index contributed by atoms with van der Waals surface area (Å²) < 4.78 is 6.90. The quantitative estimate of drug-likeness (QED) is 0.593. The van der Waals surface area contributed by atoms with Gasteiger partial charge in [-0.1, -0.05) is 0 Å². The molecule has 0 aliphatic carbocycles. The fourth-order valence-electron chi connectivity index (χ4n) is 2.77. The second kappa shape index (κ2) is 5.72. The van der Waals surface area contributed by atoms with Gasteiger partial charge in [-0.2, -0.15) is 5.10 Å². The Morgan fingerprint density at radius 2 is 2.13 bits per heavy atom. The molecule has 0 amide bonds. The van der Waals surface area contributed by atoms with Crippen LogP contribution in [0.15, 0.2) is 30.6 Å². The first-order chi connectivity index (χ1) is 11.0. The highest BCUT2D eigenvalue weighted by Crippen LogP contribution is 2.26. The summed E-state index contributed by atoms with van der Waals surface area (Å²) >= 11 is 0. The number of hydrogen-bond donors (Lipinski definition) is 1. The van der Waals surface area contributed by atoms with Gasteiger partial charge < -0.3 is 9.14 Å². The summed E-state index contributed by atoms with van der Waals surface area (Å²) in [6, 6.07) is 5.50. The number of fused-ring (bicyclic) bond motifs is 1. The summed E-state index contributed by atoms with van der Waals surface area (Å²) in [5.74, 6) is -0.523. The van der Waals surface area contributed by atoms with Crippen LogP contribution in [0.4, 0.5) is 0 Å². The number of rotatable bonds is 4. The van der Waals surface area contributed by atoms with Gasteiger partial charge >= 0.3 is 5.97 Å². The molecule has 0 aliphatic heterocycles. The summed E-state index contributed by atoms with van der Waals surface area (Å²) in [4.78, 5) is 24.3. The molecule has 3 aromatic heterocycles. The van der Waals surface area contributed by atoms with Gasteiger partial charge in [-0.3, -0.25) is 9.89 Å². The van der Waals surface area contributed by atoms with Gasteiger partial charge in [0.1, 0.15) is 0 Å². The van der Waals surface area contributed by atoms with Crippen molar-refractivity contribution >= 4 is 17.3 Å². The van der Waals surface area contributed by atoms with Crippen molar-refractivity contribution in [2.75, 3.05) is 6.61 Å². The monoisotopic (exact) mass is 311 g/mol. The molecule has 1 N–H and O–H groups in total.